The van der Waals surface area contributed by atoms with Gasteiger partial charge in [-0.05, 0) is 36.8 Å². The van der Waals surface area contributed by atoms with Crippen LogP contribution in [0.15, 0.2) is 42.6 Å². The van der Waals surface area contributed by atoms with Gasteiger partial charge in [-0.2, -0.15) is 0 Å². The monoisotopic (exact) mass is 386 g/mol. The van der Waals surface area contributed by atoms with Crippen LogP contribution in [-0.4, -0.2) is 48.5 Å². The summed E-state index contributed by atoms with van der Waals surface area (Å²) in [4.78, 5) is 21.3. The second-order valence-corrected chi connectivity index (χ2v) is 7.26. The van der Waals surface area contributed by atoms with Gasteiger partial charge in [-0.25, -0.2) is 4.98 Å². The van der Waals surface area contributed by atoms with Crippen molar-refractivity contribution in [1.29, 1.82) is 0 Å². The average Bonchev–Trinajstić information content (AvgIpc) is 2.71. The summed E-state index contributed by atoms with van der Waals surface area (Å²) in [7, 11) is 0. The Bertz CT molecular complexity index is 742. The first-order chi connectivity index (χ1) is 13.2. The highest BCUT2D eigenvalue weighted by atomic mass is 35.5. The first kappa shape index (κ1) is 19.5. The minimum absolute atomic E-state index is 0.0470. The molecule has 1 N–H and O–H groups in total. The average molecular weight is 387 g/mol. The van der Waals surface area contributed by atoms with E-state index in [4.69, 9.17) is 11.6 Å². The van der Waals surface area contributed by atoms with Gasteiger partial charge in [0.2, 0.25) is 0 Å². The highest BCUT2D eigenvalue weighted by molar-refractivity contribution is 6.30. The Morgan fingerprint density at radius 1 is 1.15 bits per heavy atom. The van der Waals surface area contributed by atoms with E-state index in [1.54, 1.807) is 6.20 Å². The van der Waals surface area contributed by atoms with Crippen molar-refractivity contribution in [3.05, 3.63) is 53.2 Å². The Morgan fingerprint density at radius 3 is 2.63 bits per heavy atom. The van der Waals surface area contributed by atoms with E-state index in [1.165, 1.54) is 12.8 Å². The highest BCUT2D eigenvalue weighted by Crippen LogP contribution is 2.21. The van der Waals surface area contributed by atoms with Gasteiger partial charge in [0.25, 0.3) is 5.91 Å². The van der Waals surface area contributed by atoms with Crippen LogP contribution in [0.2, 0.25) is 5.02 Å². The number of hydrogen-bond donors (Lipinski definition) is 1. The van der Waals surface area contributed by atoms with Gasteiger partial charge in [-0.3, -0.25) is 4.79 Å². The van der Waals surface area contributed by atoms with Gasteiger partial charge in [0.05, 0.1) is 5.56 Å². The van der Waals surface area contributed by atoms with E-state index in [0.29, 0.717) is 18.7 Å². The number of piperazine rings is 1. The summed E-state index contributed by atoms with van der Waals surface area (Å²) in [6.45, 7) is 6.10. The molecule has 0 atom stereocenters. The van der Waals surface area contributed by atoms with E-state index in [-0.39, 0.29) is 5.91 Å². The van der Waals surface area contributed by atoms with Gasteiger partial charge in [-0.15, -0.1) is 0 Å². The third kappa shape index (κ3) is 5.36. The summed E-state index contributed by atoms with van der Waals surface area (Å²) in [6, 6.07) is 11.6. The minimum atomic E-state index is 0.0470. The lowest BCUT2D eigenvalue weighted by Crippen LogP contribution is -2.48. The lowest BCUT2D eigenvalue weighted by atomic mass is 10.2. The minimum Gasteiger partial charge on any atom is -0.370 e. The molecule has 1 saturated heterocycles. The summed E-state index contributed by atoms with van der Waals surface area (Å²) in [5.74, 6) is 0.874. The molecule has 1 aromatic heterocycles. The van der Waals surface area contributed by atoms with Crippen LogP contribution in [-0.2, 0) is 0 Å². The maximum atomic E-state index is 12.7. The summed E-state index contributed by atoms with van der Waals surface area (Å²) in [6.07, 6.45) is 5.22. The lowest BCUT2D eigenvalue weighted by Gasteiger charge is -2.36. The number of halogens is 1. The molecule has 2 aromatic rings. The van der Waals surface area contributed by atoms with Crippen LogP contribution < -0.4 is 10.2 Å². The number of anilines is 2. The number of aromatic nitrogens is 1. The van der Waals surface area contributed by atoms with Gasteiger partial charge in [0, 0.05) is 49.6 Å². The van der Waals surface area contributed by atoms with Crippen molar-refractivity contribution in [2.75, 3.05) is 42.9 Å². The van der Waals surface area contributed by atoms with Gasteiger partial charge in [-0.1, -0.05) is 37.4 Å². The maximum absolute atomic E-state index is 12.7. The predicted octanol–water partition coefficient (Wildman–Crippen LogP) is 4.30. The SMILES string of the molecule is CCCCCNc1ccc(C(=O)N2CCN(c3cccc(Cl)c3)CC2)cn1. The molecule has 3 rings (SSSR count). The highest BCUT2D eigenvalue weighted by Gasteiger charge is 2.22. The zero-order valence-electron chi connectivity index (χ0n) is 15.8. The van der Waals surface area contributed by atoms with Crippen molar-refractivity contribution < 1.29 is 4.79 Å². The van der Waals surface area contributed by atoms with E-state index in [1.807, 2.05) is 35.2 Å². The topological polar surface area (TPSA) is 48.5 Å². The molecular formula is C21H27ClN4O. The molecule has 1 aliphatic rings. The molecule has 0 spiro atoms. The summed E-state index contributed by atoms with van der Waals surface area (Å²) in [5.41, 5.74) is 1.75. The zero-order valence-corrected chi connectivity index (χ0v) is 16.6. The van der Waals surface area contributed by atoms with Crippen LogP contribution in [0, 0.1) is 0 Å². The second-order valence-electron chi connectivity index (χ2n) is 6.83. The number of carbonyl (C=O) groups excluding carboxylic acids is 1. The number of pyridine rings is 1. The molecule has 27 heavy (non-hydrogen) atoms. The maximum Gasteiger partial charge on any atom is 0.255 e. The zero-order chi connectivity index (χ0) is 19.1. The molecule has 0 radical (unpaired) electrons. The number of benzene rings is 1. The quantitative estimate of drug-likeness (QED) is 0.721. The standard InChI is InChI=1S/C21H27ClN4O/c1-2-3-4-10-23-20-9-8-17(16-24-20)21(27)26-13-11-25(12-14-26)19-7-5-6-18(22)15-19/h5-9,15-16H,2-4,10-14H2,1H3,(H,23,24). The Labute approximate surface area is 166 Å². The van der Waals surface area contributed by atoms with Gasteiger partial charge in [0.15, 0.2) is 0 Å². The van der Waals surface area contributed by atoms with Gasteiger partial charge < -0.3 is 15.1 Å². The molecule has 1 aromatic carbocycles. The molecule has 144 valence electrons. The normalized spacial score (nSPS) is 14.3. The second kappa shape index (κ2) is 9.60. The molecule has 1 aliphatic heterocycles. The molecule has 0 saturated carbocycles. The summed E-state index contributed by atoms with van der Waals surface area (Å²) in [5, 5.41) is 4.04. The summed E-state index contributed by atoms with van der Waals surface area (Å²) < 4.78 is 0. The first-order valence-corrected chi connectivity index (χ1v) is 10.0. The largest absolute Gasteiger partial charge is 0.370 e. The molecule has 0 aliphatic carbocycles. The fourth-order valence-corrected chi connectivity index (χ4v) is 3.42. The molecule has 2 heterocycles. The lowest BCUT2D eigenvalue weighted by molar-refractivity contribution is 0.0746. The Hall–Kier alpha value is -2.27. The number of carbonyl (C=O) groups is 1. The van der Waals surface area contributed by atoms with Crippen LogP contribution in [0.3, 0.4) is 0 Å². The first-order valence-electron chi connectivity index (χ1n) is 9.67. The van der Waals surface area contributed by atoms with Gasteiger partial charge >= 0.3 is 0 Å². The van der Waals surface area contributed by atoms with Crippen LogP contribution >= 0.6 is 11.6 Å². The molecule has 6 heteroatoms. The van der Waals surface area contributed by atoms with Crippen molar-refractivity contribution in [3.63, 3.8) is 0 Å². The fraction of sp³-hybridized carbons (Fsp3) is 0.429. The number of hydrogen-bond acceptors (Lipinski definition) is 4. The van der Waals surface area contributed by atoms with Crippen molar-refractivity contribution >= 4 is 29.0 Å². The van der Waals surface area contributed by atoms with Gasteiger partial charge in [0.1, 0.15) is 5.82 Å². The van der Waals surface area contributed by atoms with E-state index in [0.717, 1.165) is 42.6 Å². The van der Waals surface area contributed by atoms with Crippen LogP contribution in [0.4, 0.5) is 11.5 Å². The number of rotatable bonds is 7. The van der Waals surface area contributed by atoms with E-state index >= 15 is 0 Å². The molecule has 1 amide bonds. The van der Waals surface area contributed by atoms with E-state index in [2.05, 4.69) is 28.2 Å². The number of nitrogens with one attached hydrogen (secondary N) is 1. The third-order valence-corrected chi connectivity index (χ3v) is 5.07. The Morgan fingerprint density at radius 2 is 1.96 bits per heavy atom. The molecule has 1 fully saturated rings. The number of nitrogens with zero attached hydrogens (tertiary/aromatic N) is 3. The molecule has 0 bridgehead atoms. The Balaban J connectivity index is 1.51. The van der Waals surface area contributed by atoms with Crippen molar-refractivity contribution in [2.24, 2.45) is 0 Å². The van der Waals surface area contributed by atoms with Crippen molar-refractivity contribution in [1.82, 2.24) is 9.88 Å². The van der Waals surface area contributed by atoms with Crippen LogP contribution in [0.5, 0.6) is 0 Å². The fourth-order valence-electron chi connectivity index (χ4n) is 3.24. The predicted molar refractivity (Wildman–Crippen MR) is 112 cm³/mol. The number of unbranched alkanes of at least 4 members (excludes halogenated alkanes) is 2. The molecule has 0 unspecified atom stereocenters. The smallest absolute Gasteiger partial charge is 0.255 e. The summed E-state index contributed by atoms with van der Waals surface area (Å²) >= 11 is 6.08. The number of amides is 1. The van der Waals surface area contributed by atoms with Crippen molar-refractivity contribution in [3.8, 4) is 0 Å². The van der Waals surface area contributed by atoms with Crippen LogP contribution in [0.1, 0.15) is 36.5 Å². The molecule has 5 nitrogen and oxygen atoms in total. The third-order valence-electron chi connectivity index (χ3n) is 4.84. The van der Waals surface area contributed by atoms with Crippen molar-refractivity contribution in [2.45, 2.75) is 26.2 Å². The van der Waals surface area contributed by atoms with Crippen LogP contribution in [0.25, 0.3) is 0 Å². The Kier molecular flexibility index (Phi) is 6.93. The van der Waals surface area contributed by atoms with E-state index in [9.17, 15) is 4.79 Å². The van der Waals surface area contributed by atoms with E-state index < -0.39 is 0 Å². The molecular weight excluding hydrogens is 360 g/mol.